The molecule has 0 amide bonds. The molecule has 5 rings (SSSR count). The van der Waals surface area contributed by atoms with Gasteiger partial charge in [-0.2, -0.15) is 0 Å². The number of aliphatic hydroxyl groups is 2. The van der Waals surface area contributed by atoms with E-state index in [-0.39, 0.29) is 6.04 Å². The number of hydrogen-bond acceptors (Lipinski definition) is 6. The van der Waals surface area contributed by atoms with E-state index in [9.17, 15) is 10.2 Å². The monoisotopic (exact) mass is 394 g/mol. The van der Waals surface area contributed by atoms with Crippen molar-refractivity contribution in [1.29, 1.82) is 0 Å². The maximum absolute atomic E-state index is 10.8. The van der Waals surface area contributed by atoms with Gasteiger partial charge >= 0.3 is 0 Å². The molecule has 2 aliphatic rings. The van der Waals surface area contributed by atoms with E-state index in [1.807, 2.05) is 30.7 Å². The van der Waals surface area contributed by atoms with Gasteiger partial charge in [0.15, 0.2) is 0 Å². The molecule has 2 N–H and O–H groups in total. The molecule has 1 fully saturated rings. The van der Waals surface area contributed by atoms with Gasteiger partial charge < -0.3 is 19.5 Å². The Morgan fingerprint density at radius 1 is 1.00 bits per heavy atom. The van der Waals surface area contributed by atoms with Crippen LogP contribution in [0, 0.1) is 13.8 Å². The fourth-order valence-electron chi connectivity index (χ4n) is 4.88. The molecule has 0 bridgehead atoms. The van der Waals surface area contributed by atoms with Crippen LogP contribution < -0.4 is 4.74 Å². The highest BCUT2D eigenvalue weighted by molar-refractivity contribution is 5.78. The molecule has 3 aromatic heterocycles. The molecule has 0 aliphatic heterocycles. The number of rotatable bonds is 3. The first-order valence-electron chi connectivity index (χ1n) is 10.3. The summed E-state index contributed by atoms with van der Waals surface area (Å²) in [5.74, 6) is 0.748. The third-order valence-corrected chi connectivity index (χ3v) is 6.52. The number of aryl methyl sites for hydroxylation is 2. The van der Waals surface area contributed by atoms with Crippen molar-refractivity contribution in [1.82, 2.24) is 19.5 Å². The summed E-state index contributed by atoms with van der Waals surface area (Å²) in [6.07, 6.45) is 7.62. The summed E-state index contributed by atoms with van der Waals surface area (Å²) in [7, 11) is 0. The highest BCUT2D eigenvalue weighted by atomic mass is 16.5. The molecule has 3 aromatic rings. The number of aliphatic hydroxyl groups excluding tert-OH is 2. The predicted octanol–water partition coefficient (Wildman–Crippen LogP) is 2.44. The molecule has 1 saturated carbocycles. The van der Waals surface area contributed by atoms with Gasteiger partial charge in [-0.25, -0.2) is 9.97 Å². The van der Waals surface area contributed by atoms with Crippen LogP contribution in [-0.4, -0.2) is 48.0 Å². The average Bonchev–Trinajstić information content (AvgIpc) is 3.28. The summed E-state index contributed by atoms with van der Waals surface area (Å²) in [5.41, 5.74) is 5.21. The van der Waals surface area contributed by atoms with E-state index in [4.69, 9.17) is 4.74 Å². The highest BCUT2D eigenvalue weighted by Gasteiger charge is 2.44. The van der Waals surface area contributed by atoms with Gasteiger partial charge in [0.05, 0.1) is 17.9 Å². The molecule has 4 atom stereocenters. The fraction of sp³-hybridized carbons (Fsp3) is 0.500. The van der Waals surface area contributed by atoms with E-state index in [1.54, 1.807) is 6.20 Å². The zero-order valence-electron chi connectivity index (χ0n) is 16.7. The normalized spacial score (nSPS) is 26.6. The molecule has 0 unspecified atom stereocenters. The summed E-state index contributed by atoms with van der Waals surface area (Å²) in [6, 6.07) is 1.65. The number of ether oxygens (including phenoxy) is 1. The minimum absolute atomic E-state index is 0.309. The lowest BCUT2D eigenvalue weighted by Gasteiger charge is -2.24. The minimum atomic E-state index is -0.971. The lowest BCUT2D eigenvalue weighted by Crippen LogP contribution is -2.34. The van der Waals surface area contributed by atoms with Crippen LogP contribution in [0.15, 0.2) is 24.8 Å². The van der Waals surface area contributed by atoms with Crippen molar-refractivity contribution in [3.05, 3.63) is 47.3 Å². The maximum Gasteiger partial charge on any atom is 0.143 e. The molecule has 0 aromatic carbocycles. The Labute approximate surface area is 169 Å². The Bertz CT molecular complexity index is 1060. The maximum atomic E-state index is 10.8. The van der Waals surface area contributed by atoms with E-state index in [0.717, 1.165) is 47.4 Å². The van der Waals surface area contributed by atoms with Crippen LogP contribution in [0.4, 0.5) is 0 Å². The molecule has 7 heteroatoms. The lowest BCUT2D eigenvalue weighted by atomic mass is 9.90. The van der Waals surface area contributed by atoms with E-state index < -0.39 is 18.3 Å². The first-order chi connectivity index (χ1) is 14.0. The second kappa shape index (κ2) is 7.07. The molecular weight excluding hydrogens is 368 g/mol. The molecule has 0 spiro atoms. The topological polar surface area (TPSA) is 93.3 Å². The van der Waals surface area contributed by atoms with Gasteiger partial charge in [0, 0.05) is 29.3 Å². The van der Waals surface area contributed by atoms with E-state index in [1.165, 1.54) is 23.9 Å². The zero-order chi connectivity index (χ0) is 20.1. The van der Waals surface area contributed by atoms with Crippen LogP contribution in [0.25, 0.3) is 11.0 Å². The molecule has 0 radical (unpaired) electrons. The number of aromatic nitrogens is 4. The summed E-state index contributed by atoms with van der Waals surface area (Å²) in [6.45, 7) is 3.98. The van der Waals surface area contributed by atoms with Crippen LogP contribution in [0.2, 0.25) is 0 Å². The summed E-state index contributed by atoms with van der Waals surface area (Å²) in [5, 5.41) is 22.5. The van der Waals surface area contributed by atoms with Gasteiger partial charge in [-0.3, -0.25) is 4.98 Å². The third-order valence-electron chi connectivity index (χ3n) is 6.52. The van der Waals surface area contributed by atoms with Crippen LogP contribution >= 0.6 is 0 Å². The second-order valence-electron chi connectivity index (χ2n) is 8.23. The minimum Gasteiger partial charge on any atom is -0.486 e. The summed E-state index contributed by atoms with van der Waals surface area (Å²) in [4.78, 5) is 13.1. The third kappa shape index (κ3) is 3.00. The van der Waals surface area contributed by atoms with E-state index >= 15 is 0 Å². The van der Waals surface area contributed by atoms with Gasteiger partial charge in [-0.15, -0.1) is 0 Å². The molecule has 3 heterocycles. The molecule has 29 heavy (non-hydrogen) atoms. The predicted molar refractivity (Wildman–Crippen MR) is 108 cm³/mol. The van der Waals surface area contributed by atoms with Crippen LogP contribution in [-0.2, 0) is 12.8 Å². The zero-order valence-corrected chi connectivity index (χ0v) is 16.7. The number of hydrogen-bond donors (Lipinski definition) is 2. The van der Waals surface area contributed by atoms with Crippen molar-refractivity contribution in [2.24, 2.45) is 0 Å². The molecule has 0 saturated heterocycles. The van der Waals surface area contributed by atoms with Gasteiger partial charge in [0.2, 0.25) is 0 Å². The van der Waals surface area contributed by atoms with Gasteiger partial charge in [0.25, 0.3) is 0 Å². The van der Waals surface area contributed by atoms with Crippen molar-refractivity contribution in [2.75, 3.05) is 0 Å². The van der Waals surface area contributed by atoms with Crippen molar-refractivity contribution < 1.29 is 14.9 Å². The summed E-state index contributed by atoms with van der Waals surface area (Å²) >= 11 is 0. The fourth-order valence-corrected chi connectivity index (χ4v) is 4.88. The van der Waals surface area contributed by atoms with Gasteiger partial charge in [0.1, 0.15) is 36.0 Å². The van der Waals surface area contributed by atoms with Gasteiger partial charge in [-0.1, -0.05) is 0 Å². The Morgan fingerprint density at radius 3 is 2.62 bits per heavy atom. The average molecular weight is 394 g/mol. The Balaban J connectivity index is 1.44. The number of nitrogens with zero attached hydrogens (tertiary/aromatic N) is 4. The van der Waals surface area contributed by atoms with Crippen LogP contribution in [0.5, 0.6) is 5.75 Å². The van der Waals surface area contributed by atoms with Crippen molar-refractivity contribution in [3.63, 3.8) is 0 Å². The molecule has 7 nitrogen and oxygen atoms in total. The smallest absolute Gasteiger partial charge is 0.143 e. The summed E-state index contributed by atoms with van der Waals surface area (Å²) < 4.78 is 8.19. The lowest BCUT2D eigenvalue weighted by molar-refractivity contribution is -0.0167. The molecular formula is C22H26N4O3. The van der Waals surface area contributed by atoms with Crippen LogP contribution in [0.3, 0.4) is 0 Å². The van der Waals surface area contributed by atoms with Crippen LogP contribution in [0.1, 0.15) is 47.8 Å². The first kappa shape index (κ1) is 18.5. The Morgan fingerprint density at radius 2 is 1.79 bits per heavy atom. The largest absolute Gasteiger partial charge is 0.486 e. The Kier molecular flexibility index (Phi) is 4.52. The molecule has 152 valence electrons. The van der Waals surface area contributed by atoms with Gasteiger partial charge in [-0.05, 0) is 51.2 Å². The molecule has 2 aliphatic carbocycles. The van der Waals surface area contributed by atoms with E-state index in [0.29, 0.717) is 6.42 Å². The standard InChI is InChI=1S/C22H26N4O3/c1-12-14-5-3-4-6-16(14)19(10-23-12)29-18-9-17(20(27)21(18)28)26-8-7-15-13(2)24-11-25-22(15)26/h7-8,10-11,17-18,20-21,27-28H,3-6,9H2,1-2H3/t17-,18+,20+,21-/m1/s1. The van der Waals surface area contributed by atoms with Crippen molar-refractivity contribution in [3.8, 4) is 5.75 Å². The second-order valence-corrected chi connectivity index (χ2v) is 8.23. The quantitative estimate of drug-likeness (QED) is 0.709. The SMILES string of the molecule is Cc1ncc(O[C@H]2C[C@@H](n3ccc4c(C)ncnc43)[C@H](O)[C@@H]2O)c2c1CCCC2. The van der Waals surface area contributed by atoms with E-state index in [2.05, 4.69) is 15.0 Å². The number of fused-ring (bicyclic) bond motifs is 2. The van der Waals surface area contributed by atoms with Crippen molar-refractivity contribution in [2.45, 2.75) is 70.3 Å². The highest BCUT2D eigenvalue weighted by Crippen LogP contribution is 2.38. The first-order valence-corrected chi connectivity index (χ1v) is 10.3. The van der Waals surface area contributed by atoms with Crippen molar-refractivity contribution >= 4 is 11.0 Å². The Hall–Kier alpha value is -2.51. The number of pyridine rings is 1.